The fourth-order valence-electron chi connectivity index (χ4n) is 3.32. The number of Topliss-reactive ketones (excluding diaryl/α,β-unsaturated/α-hetero) is 1. The van der Waals surface area contributed by atoms with Gasteiger partial charge in [0.1, 0.15) is 23.9 Å². The van der Waals surface area contributed by atoms with Crippen LogP contribution in [-0.4, -0.2) is 19.2 Å². The molecule has 0 radical (unpaired) electrons. The topological polar surface area (TPSA) is 54.0 Å². The first kappa shape index (κ1) is 19.7. The maximum Gasteiger partial charge on any atom is 0.232 e. The van der Waals surface area contributed by atoms with E-state index in [1.807, 2.05) is 45.0 Å². The van der Waals surface area contributed by atoms with E-state index < -0.39 is 0 Å². The molecule has 5 nitrogen and oxygen atoms in total. The second-order valence-electron chi connectivity index (χ2n) is 7.24. The highest BCUT2D eigenvalue weighted by Crippen LogP contribution is 2.39. The molecule has 2 heterocycles. The van der Waals surface area contributed by atoms with Crippen LogP contribution in [0.1, 0.15) is 40.9 Å². The normalized spacial score (nSPS) is 16.0. The van der Waals surface area contributed by atoms with Gasteiger partial charge in [0, 0.05) is 21.7 Å². The second-order valence-corrected chi connectivity index (χ2v) is 8.16. The highest BCUT2D eigenvalue weighted by Gasteiger charge is 2.30. The number of ether oxygens (including phenoxy) is 4. The van der Waals surface area contributed by atoms with E-state index >= 15 is 0 Å². The van der Waals surface area contributed by atoms with Crippen LogP contribution in [-0.2, 0) is 11.3 Å². The van der Waals surface area contributed by atoms with Gasteiger partial charge in [0.25, 0.3) is 0 Å². The van der Waals surface area contributed by atoms with E-state index in [1.54, 1.807) is 12.1 Å². The first-order chi connectivity index (χ1) is 13.9. The predicted octanol–water partition coefficient (Wildman–Crippen LogP) is 5.59. The Labute approximate surface area is 178 Å². The van der Waals surface area contributed by atoms with E-state index in [9.17, 15) is 4.79 Å². The summed E-state index contributed by atoms with van der Waals surface area (Å²) in [5.74, 6) is 2.02. The van der Waals surface area contributed by atoms with Crippen molar-refractivity contribution in [3.63, 3.8) is 0 Å². The van der Waals surface area contributed by atoms with E-state index in [1.165, 1.54) is 5.57 Å². The molecule has 6 heteroatoms. The Kier molecular flexibility index (Phi) is 5.48. The first-order valence-electron chi connectivity index (χ1n) is 9.30. The molecule has 2 aliphatic rings. The number of hydrogen-bond donors (Lipinski definition) is 0. The molecular formula is C23H21BrO5. The number of fused-ring (bicyclic) bond motifs is 2. The molecule has 4 rings (SSSR count). The quantitative estimate of drug-likeness (QED) is 0.443. The van der Waals surface area contributed by atoms with Crippen LogP contribution in [0, 0.1) is 6.92 Å². The maximum absolute atomic E-state index is 13.0. The summed E-state index contributed by atoms with van der Waals surface area (Å²) in [4.78, 5) is 13.0. The minimum Gasteiger partial charge on any atom is -0.489 e. The van der Waals surface area contributed by atoms with Crippen molar-refractivity contribution >= 4 is 27.8 Å². The van der Waals surface area contributed by atoms with Crippen molar-refractivity contribution < 1.29 is 23.7 Å². The number of hydrogen-bond acceptors (Lipinski definition) is 5. The molecule has 0 saturated heterocycles. The fraction of sp³-hybridized carbons (Fsp3) is 0.261. The van der Waals surface area contributed by atoms with Gasteiger partial charge in [-0.05, 0) is 56.7 Å². The summed E-state index contributed by atoms with van der Waals surface area (Å²) in [5, 5.41) is 0. The Morgan fingerprint density at radius 1 is 1.24 bits per heavy atom. The van der Waals surface area contributed by atoms with E-state index in [0.717, 1.165) is 21.2 Å². The molecule has 2 aromatic carbocycles. The van der Waals surface area contributed by atoms with Crippen LogP contribution in [0.4, 0.5) is 0 Å². The number of allylic oxidation sites excluding steroid dienone is 2. The molecule has 0 aromatic heterocycles. The monoisotopic (exact) mass is 456 g/mol. The predicted molar refractivity (Wildman–Crippen MR) is 113 cm³/mol. The number of carbonyl (C=O) groups excluding carboxylic acids is 1. The molecule has 29 heavy (non-hydrogen) atoms. The average molecular weight is 457 g/mol. The van der Waals surface area contributed by atoms with E-state index in [4.69, 9.17) is 18.9 Å². The molecule has 0 N–H and O–H groups in total. The molecular weight excluding hydrogens is 436 g/mol. The van der Waals surface area contributed by atoms with Crippen molar-refractivity contribution in [3.8, 4) is 17.2 Å². The molecule has 2 aliphatic heterocycles. The molecule has 150 valence electrons. The van der Waals surface area contributed by atoms with Gasteiger partial charge in [-0.15, -0.1) is 0 Å². The molecule has 0 atom stereocenters. The van der Waals surface area contributed by atoms with E-state index in [-0.39, 0.29) is 18.3 Å². The lowest BCUT2D eigenvalue weighted by Gasteiger charge is -2.20. The Morgan fingerprint density at radius 3 is 2.86 bits per heavy atom. The standard InChI is InChI=1S/C23H21BrO5/c1-13(2)4-5-27-18-6-14(3)21-19(10-18)29-20(22(21)25)9-15-7-17(24)8-16-11-26-12-28-23(15)16/h4,6-10H,5,11-12H2,1-3H3/b20-9-. The Morgan fingerprint density at radius 2 is 2.07 bits per heavy atom. The molecule has 0 unspecified atom stereocenters. The molecule has 0 saturated carbocycles. The lowest BCUT2D eigenvalue weighted by molar-refractivity contribution is -0.0165. The first-order valence-corrected chi connectivity index (χ1v) is 10.1. The zero-order valence-corrected chi connectivity index (χ0v) is 18.1. The van der Waals surface area contributed by atoms with Crippen molar-refractivity contribution in [3.05, 3.63) is 68.4 Å². The summed E-state index contributed by atoms with van der Waals surface area (Å²) in [6.45, 7) is 7.05. The summed E-state index contributed by atoms with van der Waals surface area (Å²) in [6.07, 6.45) is 3.72. The number of ketones is 1. The highest BCUT2D eigenvalue weighted by atomic mass is 79.9. The van der Waals surface area contributed by atoms with Crippen LogP contribution in [0.5, 0.6) is 17.2 Å². The molecule has 2 aromatic rings. The molecule has 0 bridgehead atoms. The Balaban J connectivity index is 1.66. The largest absolute Gasteiger partial charge is 0.489 e. The summed E-state index contributed by atoms with van der Waals surface area (Å²) in [6, 6.07) is 7.48. The summed E-state index contributed by atoms with van der Waals surface area (Å²) >= 11 is 3.50. The smallest absolute Gasteiger partial charge is 0.232 e. The SMILES string of the molecule is CC(C)=CCOc1cc(C)c2c(c1)O/C(=C\c1cc(Br)cc3c1OCOC3)C2=O. The summed E-state index contributed by atoms with van der Waals surface area (Å²) < 4.78 is 23.6. The molecule has 0 amide bonds. The zero-order chi connectivity index (χ0) is 20.5. The summed E-state index contributed by atoms with van der Waals surface area (Å²) in [7, 11) is 0. The third-order valence-electron chi connectivity index (χ3n) is 4.68. The van der Waals surface area contributed by atoms with Crippen molar-refractivity contribution in [1.29, 1.82) is 0 Å². The second kappa shape index (κ2) is 8.05. The lowest BCUT2D eigenvalue weighted by atomic mass is 10.0. The third-order valence-corrected chi connectivity index (χ3v) is 5.13. The van der Waals surface area contributed by atoms with Crippen LogP contribution in [0.25, 0.3) is 6.08 Å². The van der Waals surface area contributed by atoms with Crippen LogP contribution in [0.3, 0.4) is 0 Å². The number of halogens is 1. The molecule has 0 aliphatic carbocycles. The Bertz CT molecular complexity index is 1050. The highest BCUT2D eigenvalue weighted by molar-refractivity contribution is 9.10. The number of rotatable bonds is 4. The van der Waals surface area contributed by atoms with Crippen molar-refractivity contribution in [2.45, 2.75) is 27.4 Å². The van der Waals surface area contributed by atoms with Gasteiger partial charge in [-0.1, -0.05) is 21.5 Å². The number of benzene rings is 2. The van der Waals surface area contributed by atoms with Crippen molar-refractivity contribution in [2.75, 3.05) is 13.4 Å². The van der Waals surface area contributed by atoms with Gasteiger partial charge in [0.2, 0.25) is 5.78 Å². The Hall–Kier alpha value is -2.57. The minimum absolute atomic E-state index is 0.144. The van der Waals surface area contributed by atoms with Gasteiger partial charge in [0.05, 0.1) is 12.2 Å². The van der Waals surface area contributed by atoms with Gasteiger partial charge in [0.15, 0.2) is 12.6 Å². The van der Waals surface area contributed by atoms with Crippen LogP contribution < -0.4 is 14.2 Å². The average Bonchev–Trinajstić information content (AvgIpc) is 2.97. The minimum atomic E-state index is -0.144. The van der Waals surface area contributed by atoms with Gasteiger partial charge in [-0.25, -0.2) is 0 Å². The van der Waals surface area contributed by atoms with Gasteiger partial charge < -0.3 is 18.9 Å². The van der Waals surface area contributed by atoms with Gasteiger partial charge >= 0.3 is 0 Å². The van der Waals surface area contributed by atoms with Crippen molar-refractivity contribution in [2.24, 2.45) is 0 Å². The van der Waals surface area contributed by atoms with E-state index in [0.29, 0.717) is 36.0 Å². The van der Waals surface area contributed by atoms with Gasteiger partial charge in [-0.3, -0.25) is 4.79 Å². The van der Waals surface area contributed by atoms with Crippen LogP contribution in [0.15, 0.2) is 46.1 Å². The van der Waals surface area contributed by atoms with Crippen LogP contribution >= 0.6 is 15.9 Å². The fourth-order valence-corrected chi connectivity index (χ4v) is 3.85. The molecule has 0 spiro atoms. The zero-order valence-electron chi connectivity index (χ0n) is 16.5. The molecule has 0 fully saturated rings. The van der Waals surface area contributed by atoms with Gasteiger partial charge in [-0.2, -0.15) is 0 Å². The summed E-state index contributed by atoms with van der Waals surface area (Å²) in [5.41, 5.74) is 4.27. The maximum atomic E-state index is 13.0. The van der Waals surface area contributed by atoms with E-state index in [2.05, 4.69) is 15.9 Å². The lowest BCUT2D eigenvalue weighted by Crippen LogP contribution is -2.12. The number of aryl methyl sites for hydroxylation is 1. The number of carbonyl (C=O) groups is 1. The van der Waals surface area contributed by atoms with Crippen LogP contribution in [0.2, 0.25) is 0 Å². The van der Waals surface area contributed by atoms with Crippen molar-refractivity contribution in [1.82, 2.24) is 0 Å². The third kappa shape index (κ3) is 4.09.